The average molecular weight is 198 g/mol. The van der Waals surface area contributed by atoms with Crippen LogP contribution in [0, 0.1) is 0 Å². The number of aliphatic hydroxyl groups excluding tert-OH is 1. The Hall–Kier alpha value is -0.610. The Morgan fingerprint density at radius 2 is 1.86 bits per heavy atom. The summed E-state index contributed by atoms with van der Waals surface area (Å²) in [7, 11) is 0. The number of hydrogen-bond donors (Lipinski definition) is 3. The van der Waals surface area contributed by atoms with E-state index < -0.39 is 5.54 Å². The second kappa shape index (κ2) is 3.21. The van der Waals surface area contributed by atoms with Crippen LogP contribution in [0.3, 0.4) is 0 Å². The van der Waals surface area contributed by atoms with E-state index in [4.69, 9.17) is 5.73 Å². The van der Waals surface area contributed by atoms with Gasteiger partial charge in [0.15, 0.2) is 0 Å². The predicted molar refractivity (Wildman–Crippen MR) is 52.6 cm³/mol. The van der Waals surface area contributed by atoms with Crippen LogP contribution in [-0.4, -0.2) is 28.7 Å². The number of nitrogens with two attached hydrogens (primary N) is 1. The van der Waals surface area contributed by atoms with Gasteiger partial charge in [-0.3, -0.25) is 4.79 Å². The van der Waals surface area contributed by atoms with Crippen molar-refractivity contribution in [3.05, 3.63) is 0 Å². The number of amides is 1. The van der Waals surface area contributed by atoms with Gasteiger partial charge < -0.3 is 16.2 Å². The van der Waals surface area contributed by atoms with Crippen molar-refractivity contribution in [2.75, 3.05) is 6.61 Å². The molecule has 4 N–H and O–H groups in total. The Balaban J connectivity index is 1.97. The number of rotatable bonds is 3. The van der Waals surface area contributed by atoms with Gasteiger partial charge in [-0.05, 0) is 25.7 Å². The molecule has 14 heavy (non-hydrogen) atoms. The molecular weight excluding hydrogens is 180 g/mol. The van der Waals surface area contributed by atoms with Crippen molar-refractivity contribution in [3.63, 3.8) is 0 Å². The highest BCUT2D eigenvalue weighted by molar-refractivity contribution is 5.89. The molecule has 80 valence electrons. The van der Waals surface area contributed by atoms with Gasteiger partial charge in [0.1, 0.15) is 0 Å². The maximum atomic E-state index is 11.7. The number of carbonyl (C=O) groups excluding carboxylic acids is 1. The van der Waals surface area contributed by atoms with Crippen molar-refractivity contribution in [1.29, 1.82) is 0 Å². The molecule has 0 radical (unpaired) electrons. The van der Waals surface area contributed by atoms with Crippen LogP contribution in [0.15, 0.2) is 0 Å². The first kappa shape index (κ1) is 9.93. The highest BCUT2D eigenvalue weighted by Gasteiger charge is 2.48. The SMILES string of the molecule is NC1(C(=O)NC2(CO)CCCC2)CC1. The van der Waals surface area contributed by atoms with E-state index in [2.05, 4.69) is 5.32 Å². The van der Waals surface area contributed by atoms with E-state index in [1.807, 2.05) is 0 Å². The molecule has 0 saturated heterocycles. The molecule has 0 aliphatic heterocycles. The molecule has 0 aromatic heterocycles. The van der Waals surface area contributed by atoms with Crippen molar-refractivity contribution in [3.8, 4) is 0 Å². The first-order valence-electron chi connectivity index (χ1n) is 5.33. The molecule has 2 rings (SSSR count). The fourth-order valence-corrected chi connectivity index (χ4v) is 2.10. The third-order valence-corrected chi connectivity index (χ3v) is 3.48. The molecule has 1 amide bonds. The Labute approximate surface area is 83.9 Å². The molecule has 0 unspecified atom stereocenters. The number of nitrogens with one attached hydrogen (secondary N) is 1. The first-order chi connectivity index (χ1) is 6.60. The van der Waals surface area contributed by atoms with Crippen LogP contribution >= 0.6 is 0 Å². The predicted octanol–water partition coefficient (Wildman–Crippen LogP) is -0.101. The van der Waals surface area contributed by atoms with Gasteiger partial charge in [0.05, 0.1) is 17.7 Å². The van der Waals surface area contributed by atoms with Crippen molar-refractivity contribution < 1.29 is 9.90 Å². The van der Waals surface area contributed by atoms with Crippen LogP contribution in [0.25, 0.3) is 0 Å². The Kier molecular flexibility index (Phi) is 2.27. The monoisotopic (exact) mass is 198 g/mol. The molecule has 2 aliphatic carbocycles. The van der Waals surface area contributed by atoms with E-state index in [1.165, 1.54) is 0 Å². The zero-order valence-corrected chi connectivity index (χ0v) is 8.38. The van der Waals surface area contributed by atoms with E-state index in [0.717, 1.165) is 38.5 Å². The van der Waals surface area contributed by atoms with Crippen molar-refractivity contribution in [1.82, 2.24) is 5.32 Å². The summed E-state index contributed by atoms with van der Waals surface area (Å²) >= 11 is 0. The fourth-order valence-electron chi connectivity index (χ4n) is 2.10. The summed E-state index contributed by atoms with van der Waals surface area (Å²) < 4.78 is 0. The lowest BCUT2D eigenvalue weighted by Gasteiger charge is -2.29. The number of aliphatic hydroxyl groups is 1. The lowest BCUT2D eigenvalue weighted by Crippen LogP contribution is -2.55. The quantitative estimate of drug-likeness (QED) is 0.592. The molecule has 2 saturated carbocycles. The molecule has 0 aromatic rings. The van der Waals surface area contributed by atoms with E-state index in [1.54, 1.807) is 0 Å². The molecule has 4 heteroatoms. The summed E-state index contributed by atoms with van der Waals surface area (Å²) in [6.07, 6.45) is 5.48. The van der Waals surface area contributed by atoms with E-state index >= 15 is 0 Å². The molecule has 2 aliphatic rings. The second-order valence-corrected chi connectivity index (χ2v) is 4.76. The van der Waals surface area contributed by atoms with Gasteiger partial charge in [0.2, 0.25) is 5.91 Å². The zero-order valence-electron chi connectivity index (χ0n) is 8.38. The summed E-state index contributed by atoms with van der Waals surface area (Å²) in [5, 5.41) is 12.2. The zero-order chi connectivity index (χ0) is 10.2. The van der Waals surface area contributed by atoms with E-state index in [0.29, 0.717) is 0 Å². The standard InChI is InChI=1S/C10H18N2O2/c11-10(5-6-10)8(14)12-9(7-13)3-1-2-4-9/h13H,1-7,11H2,(H,12,14). The minimum Gasteiger partial charge on any atom is -0.394 e. The van der Waals surface area contributed by atoms with Crippen molar-refractivity contribution in [2.45, 2.75) is 49.6 Å². The van der Waals surface area contributed by atoms with Crippen molar-refractivity contribution in [2.24, 2.45) is 5.73 Å². The smallest absolute Gasteiger partial charge is 0.240 e. The summed E-state index contributed by atoms with van der Waals surface area (Å²) in [4.78, 5) is 11.7. The molecule has 0 heterocycles. The van der Waals surface area contributed by atoms with E-state index in [9.17, 15) is 9.90 Å². The topological polar surface area (TPSA) is 75.4 Å². The van der Waals surface area contributed by atoms with E-state index in [-0.39, 0.29) is 18.1 Å². The lowest BCUT2D eigenvalue weighted by molar-refractivity contribution is -0.125. The molecule has 0 atom stereocenters. The molecule has 0 spiro atoms. The van der Waals surface area contributed by atoms with Crippen molar-refractivity contribution >= 4 is 5.91 Å². The molecular formula is C10H18N2O2. The Morgan fingerprint density at radius 1 is 1.29 bits per heavy atom. The van der Waals surface area contributed by atoms with Crippen LogP contribution < -0.4 is 11.1 Å². The summed E-state index contributed by atoms with van der Waals surface area (Å²) in [6, 6.07) is 0. The highest BCUT2D eigenvalue weighted by Crippen LogP contribution is 2.35. The third kappa shape index (κ3) is 1.64. The summed E-state index contributed by atoms with van der Waals surface area (Å²) in [5.41, 5.74) is 4.80. The Morgan fingerprint density at radius 3 is 2.29 bits per heavy atom. The lowest BCUT2D eigenvalue weighted by atomic mass is 9.98. The van der Waals surface area contributed by atoms with Crippen LogP contribution in [-0.2, 0) is 4.79 Å². The summed E-state index contributed by atoms with van der Waals surface area (Å²) in [6.45, 7) is 0.0365. The van der Waals surface area contributed by atoms with Gasteiger partial charge in [0, 0.05) is 0 Å². The second-order valence-electron chi connectivity index (χ2n) is 4.76. The van der Waals surface area contributed by atoms with Gasteiger partial charge in [-0.15, -0.1) is 0 Å². The Bertz CT molecular complexity index is 243. The molecule has 2 fully saturated rings. The molecule has 4 nitrogen and oxygen atoms in total. The molecule has 0 aromatic carbocycles. The molecule has 0 bridgehead atoms. The van der Waals surface area contributed by atoms with Gasteiger partial charge in [-0.1, -0.05) is 12.8 Å². The van der Waals surface area contributed by atoms with Crippen LogP contribution in [0.1, 0.15) is 38.5 Å². The fraction of sp³-hybridized carbons (Fsp3) is 0.900. The maximum Gasteiger partial charge on any atom is 0.240 e. The van der Waals surface area contributed by atoms with Crippen LogP contribution in [0.2, 0.25) is 0 Å². The summed E-state index contributed by atoms with van der Waals surface area (Å²) in [5.74, 6) is -0.0755. The van der Waals surface area contributed by atoms with Gasteiger partial charge in [-0.25, -0.2) is 0 Å². The van der Waals surface area contributed by atoms with Gasteiger partial charge in [-0.2, -0.15) is 0 Å². The average Bonchev–Trinajstić information content (AvgIpc) is 2.78. The van der Waals surface area contributed by atoms with Gasteiger partial charge >= 0.3 is 0 Å². The number of carbonyl (C=O) groups is 1. The third-order valence-electron chi connectivity index (χ3n) is 3.48. The maximum absolute atomic E-state index is 11.7. The van der Waals surface area contributed by atoms with Crippen LogP contribution in [0.4, 0.5) is 0 Å². The normalized spacial score (nSPS) is 27.3. The minimum atomic E-state index is -0.620. The highest BCUT2D eigenvalue weighted by atomic mass is 16.3. The number of hydrogen-bond acceptors (Lipinski definition) is 3. The first-order valence-corrected chi connectivity index (χ1v) is 5.33. The minimum absolute atomic E-state index is 0.0365. The van der Waals surface area contributed by atoms with Crippen LogP contribution in [0.5, 0.6) is 0 Å². The van der Waals surface area contributed by atoms with Gasteiger partial charge in [0.25, 0.3) is 0 Å². The largest absolute Gasteiger partial charge is 0.394 e.